The van der Waals surface area contributed by atoms with Crippen LogP contribution in [0, 0.1) is 0 Å². The van der Waals surface area contributed by atoms with Gasteiger partial charge in [0.1, 0.15) is 0 Å². The molecule has 0 bridgehead atoms. The number of aromatic nitrogens is 2. The zero-order chi connectivity index (χ0) is 17.9. The van der Waals surface area contributed by atoms with Crippen LogP contribution < -0.4 is 0 Å². The van der Waals surface area contributed by atoms with Gasteiger partial charge >= 0.3 is 0 Å². The van der Waals surface area contributed by atoms with Gasteiger partial charge in [-0.25, -0.2) is 0 Å². The molecule has 0 fully saturated rings. The van der Waals surface area contributed by atoms with E-state index in [-0.39, 0.29) is 11.5 Å². The van der Waals surface area contributed by atoms with Crippen LogP contribution in [0.4, 0.5) is 0 Å². The van der Waals surface area contributed by atoms with E-state index in [0.717, 1.165) is 0 Å². The summed E-state index contributed by atoms with van der Waals surface area (Å²) in [6, 6.07) is 21.2. The molecule has 130 valence electrons. The van der Waals surface area contributed by atoms with Gasteiger partial charge in [0, 0.05) is 5.41 Å². The smallest absolute Gasteiger partial charge is 0.232 e. The first-order valence-corrected chi connectivity index (χ1v) is 8.58. The lowest BCUT2D eigenvalue weighted by molar-refractivity contribution is 0.256. The van der Waals surface area contributed by atoms with Crippen molar-refractivity contribution in [3.05, 3.63) is 83.5 Å². The standard InChI is InChI=1S/C21H25N3O/c1-21(2,3)20-22-18(23-25-20)15-24(4)19(16-11-7-5-8-12-16)17-13-9-6-10-14-17/h5-14,19H,15H2,1-4H3. The van der Waals surface area contributed by atoms with Crippen molar-refractivity contribution in [3.63, 3.8) is 0 Å². The number of benzene rings is 2. The molecule has 0 radical (unpaired) electrons. The molecule has 0 atom stereocenters. The van der Waals surface area contributed by atoms with Crippen LogP contribution >= 0.6 is 0 Å². The number of hydrogen-bond acceptors (Lipinski definition) is 4. The lowest BCUT2D eigenvalue weighted by Crippen LogP contribution is -2.26. The molecule has 0 spiro atoms. The first-order chi connectivity index (χ1) is 11.9. The lowest BCUT2D eigenvalue weighted by Gasteiger charge is -2.28. The molecule has 0 aliphatic heterocycles. The Morgan fingerprint density at radius 3 is 1.88 bits per heavy atom. The molecule has 1 aromatic heterocycles. The van der Waals surface area contributed by atoms with Crippen molar-refractivity contribution in [3.8, 4) is 0 Å². The summed E-state index contributed by atoms with van der Waals surface area (Å²) in [5, 5.41) is 4.16. The summed E-state index contributed by atoms with van der Waals surface area (Å²) in [6.45, 7) is 6.84. The van der Waals surface area contributed by atoms with Gasteiger partial charge in [-0.15, -0.1) is 0 Å². The number of nitrogens with zero attached hydrogens (tertiary/aromatic N) is 3. The highest BCUT2D eigenvalue weighted by atomic mass is 16.5. The Hall–Kier alpha value is -2.46. The average Bonchev–Trinajstić information content (AvgIpc) is 3.06. The second-order valence-corrected chi connectivity index (χ2v) is 7.40. The van der Waals surface area contributed by atoms with Crippen LogP contribution in [-0.4, -0.2) is 22.1 Å². The maximum atomic E-state index is 5.43. The fourth-order valence-electron chi connectivity index (χ4n) is 2.91. The van der Waals surface area contributed by atoms with Crippen molar-refractivity contribution >= 4 is 0 Å². The van der Waals surface area contributed by atoms with Crippen molar-refractivity contribution in [2.75, 3.05) is 7.05 Å². The third kappa shape index (κ3) is 4.15. The zero-order valence-corrected chi connectivity index (χ0v) is 15.3. The van der Waals surface area contributed by atoms with Gasteiger partial charge in [0.05, 0.1) is 12.6 Å². The summed E-state index contributed by atoms with van der Waals surface area (Å²) in [6.07, 6.45) is 0. The maximum Gasteiger partial charge on any atom is 0.232 e. The van der Waals surface area contributed by atoms with E-state index < -0.39 is 0 Å². The van der Waals surface area contributed by atoms with Gasteiger partial charge in [0.15, 0.2) is 5.82 Å². The second kappa shape index (κ2) is 7.19. The quantitative estimate of drug-likeness (QED) is 0.684. The van der Waals surface area contributed by atoms with Crippen LogP contribution in [0.1, 0.15) is 49.7 Å². The molecule has 4 nitrogen and oxygen atoms in total. The van der Waals surface area contributed by atoms with Gasteiger partial charge in [-0.1, -0.05) is 86.6 Å². The molecule has 3 rings (SSSR count). The van der Waals surface area contributed by atoms with Gasteiger partial charge in [-0.3, -0.25) is 4.90 Å². The minimum Gasteiger partial charge on any atom is -0.339 e. The Bertz CT molecular complexity index is 751. The minimum absolute atomic E-state index is 0.137. The SMILES string of the molecule is CN(Cc1noc(C(C)(C)C)n1)C(c1ccccc1)c1ccccc1. The Kier molecular flexibility index (Phi) is 5.00. The van der Waals surface area contributed by atoms with Gasteiger partial charge in [-0.05, 0) is 18.2 Å². The van der Waals surface area contributed by atoms with Crippen LogP contribution in [0.2, 0.25) is 0 Å². The van der Waals surface area contributed by atoms with E-state index in [4.69, 9.17) is 4.52 Å². The highest BCUT2D eigenvalue weighted by molar-refractivity contribution is 5.31. The van der Waals surface area contributed by atoms with Gasteiger partial charge < -0.3 is 4.52 Å². The summed E-state index contributed by atoms with van der Waals surface area (Å²) in [4.78, 5) is 6.82. The first-order valence-electron chi connectivity index (χ1n) is 8.58. The van der Waals surface area contributed by atoms with Crippen molar-refractivity contribution in [1.29, 1.82) is 0 Å². The van der Waals surface area contributed by atoms with Crippen LogP contribution in [0.25, 0.3) is 0 Å². The number of rotatable bonds is 5. The van der Waals surface area contributed by atoms with Crippen LogP contribution in [0.5, 0.6) is 0 Å². The summed E-state index contributed by atoms with van der Waals surface area (Å²) >= 11 is 0. The van der Waals surface area contributed by atoms with E-state index in [9.17, 15) is 0 Å². The van der Waals surface area contributed by atoms with E-state index in [1.165, 1.54) is 11.1 Å². The van der Waals surface area contributed by atoms with Crippen molar-refractivity contribution < 1.29 is 4.52 Å². The molecule has 0 aliphatic rings. The Morgan fingerprint density at radius 2 is 1.44 bits per heavy atom. The zero-order valence-electron chi connectivity index (χ0n) is 15.3. The Labute approximate surface area is 149 Å². The van der Waals surface area contributed by atoms with E-state index in [0.29, 0.717) is 18.3 Å². The van der Waals surface area contributed by atoms with Crippen LogP contribution in [0.3, 0.4) is 0 Å². The molecule has 25 heavy (non-hydrogen) atoms. The van der Waals surface area contributed by atoms with Crippen molar-refractivity contribution in [1.82, 2.24) is 15.0 Å². The lowest BCUT2D eigenvalue weighted by atomic mass is 9.97. The fraction of sp³-hybridized carbons (Fsp3) is 0.333. The predicted octanol–water partition coefficient (Wildman–Crippen LogP) is 4.59. The summed E-state index contributed by atoms with van der Waals surface area (Å²) < 4.78 is 5.43. The molecule has 0 amide bonds. The maximum absolute atomic E-state index is 5.43. The predicted molar refractivity (Wildman–Crippen MR) is 99.2 cm³/mol. The molecule has 0 N–H and O–H groups in total. The molecular weight excluding hydrogens is 310 g/mol. The normalized spacial score (nSPS) is 12.1. The van der Waals surface area contributed by atoms with E-state index >= 15 is 0 Å². The monoisotopic (exact) mass is 335 g/mol. The first kappa shape index (κ1) is 17.4. The molecule has 0 unspecified atom stereocenters. The summed E-state index contributed by atoms with van der Waals surface area (Å²) in [5.41, 5.74) is 2.36. The molecule has 2 aromatic carbocycles. The molecule has 0 saturated heterocycles. The third-order valence-corrected chi connectivity index (χ3v) is 4.17. The molecular formula is C21H25N3O. The summed E-state index contributed by atoms with van der Waals surface area (Å²) in [7, 11) is 2.10. The number of hydrogen-bond donors (Lipinski definition) is 0. The second-order valence-electron chi connectivity index (χ2n) is 7.40. The van der Waals surface area contributed by atoms with Gasteiger partial charge in [0.25, 0.3) is 0 Å². The fourth-order valence-corrected chi connectivity index (χ4v) is 2.91. The largest absolute Gasteiger partial charge is 0.339 e. The third-order valence-electron chi connectivity index (χ3n) is 4.17. The van der Waals surface area contributed by atoms with E-state index in [1.54, 1.807) is 0 Å². The Balaban J connectivity index is 1.87. The molecule has 1 heterocycles. The van der Waals surface area contributed by atoms with Gasteiger partial charge in [-0.2, -0.15) is 4.98 Å². The van der Waals surface area contributed by atoms with E-state index in [1.807, 2.05) is 12.1 Å². The molecule has 3 aromatic rings. The van der Waals surface area contributed by atoms with Crippen LogP contribution in [-0.2, 0) is 12.0 Å². The molecule has 0 saturated carbocycles. The van der Waals surface area contributed by atoms with Crippen molar-refractivity contribution in [2.24, 2.45) is 0 Å². The van der Waals surface area contributed by atoms with Crippen LogP contribution in [0.15, 0.2) is 65.2 Å². The molecule has 4 heteroatoms. The minimum atomic E-state index is -0.137. The highest BCUT2D eigenvalue weighted by Crippen LogP contribution is 2.28. The van der Waals surface area contributed by atoms with E-state index in [2.05, 4.69) is 91.4 Å². The van der Waals surface area contributed by atoms with Crippen molar-refractivity contribution in [2.45, 2.75) is 38.8 Å². The van der Waals surface area contributed by atoms with Gasteiger partial charge in [0.2, 0.25) is 5.89 Å². The average molecular weight is 335 g/mol. The topological polar surface area (TPSA) is 42.2 Å². The summed E-state index contributed by atoms with van der Waals surface area (Å²) in [5.74, 6) is 1.39. The molecule has 0 aliphatic carbocycles. The highest BCUT2D eigenvalue weighted by Gasteiger charge is 2.24. The Morgan fingerprint density at radius 1 is 0.920 bits per heavy atom.